The molecule has 1 aromatic heterocycles. The van der Waals surface area contributed by atoms with Crippen LogP contribution in [0.15, 0.2) is 29.1 Å². The number of aromatic nitrogens is 1. The molecule has 0 atom stereocenters. The first-order chi connectivity index (χ1) is 6.86. The van der Waals surface area contributed by atoms with Crippen molar-refractivity contribution in [3.63, 3.8) is 0 Å². The Kier molecular flexibility index (Phi) is 2.82. The summed E-state index contributed by atoms with van der Waals surface area (Å²) in [5, 5.41) is 0. The van der Waals surface area contributed by atoms with Gasteiger partial charge in [0.25, 0.3) is 0 Å². The van der Waals surface area contributed by atoms with Crippen LogP contribution in [0.5, 0.6) is 0 Å². The Morgan fingerprint density at radius 2 is 2.07 bits per heavy atom. The maximum absolute atomic E-state index is 11.1. The lowest BCUT2D eigenvalue weighted by atomic mass is 10.1. The Bertz CT molecular complexity index is 389. The fourth-order valence-electron chi connectivity index (χ4n) is 1.89. The smallest absolute Gasteiger partial charge is 0.248 e. The first-order valence-electron chi connectivity index (χ1n) is 5.25. The normalized spacial score (nSPS) is 17.3. The third-order valence-corrected chi connectivity index (χ3v) is 2.66. The predicted molar refractivity (Wildman–Crippen MR) is 58.1 cm³/mol. The maximum atomic E-state index is 11.1. The van der Waals surface area contributed by atoms with E-state index >= 15 is 0 Å². The van der Waals surface area contributed by atoms with E-state index in [0.29, 0.717) is 0 Å². The Labute approximate surface area is 83.7 Å². The summed E-state index contributed by atoms with van der Waals surface area (Å²) in [6.45, 7) is 0. The first-order valence-corrected chi connectivity index (χ1v) is 5.25. The molecule has 1 N–H and O–H groups in total. The lowest BCUT2D eigenvalue weighted by Gasteiger charge is -2.04. The van der Waals surface area contributed by atoms with Crippen LogP contribution >= 0.6 is 0 Å². The van der Waals surface area contributed by atoms with Crippen molar-refractivity contribution >= 4 is 5.57 Å². The zero-order valence-corrected chi connectivity index (χ0v) is 8.25. The Hall–Kier alpha value is -1.31. The molecule has 2 nitrogen and oxygen atoms in total. The number of hydrogen-bond donors (Lipinski definition) is 1. The fraction of sp³-hybridized carbons (Fsp3) is 0.417. The highest BCUT2D eigenvalue weighted by molar-refractivity contribution is 5.62. The zero-order valence-electron chi connectivity index (χ0n) is 8.25. The number of hydrogen-bond acceptors (Lipinski definition) is 1. The van der Waals surface area contributed by atoms with Crippen molar-refractivity contribution in [2.24, 2.45) is 0 Å². The number of allylic oxidation sites excluding steroid dienone is 2. The van der Waals surface area contributed by atoms with Gasteiger partial charge in [0.2, 0.25) is 5.56 Å². The predicted octanol–water partition coefficient (Wildman–Crippen LogP) is 2.72. The van der Waals surface area contributed by atoms with Crippen molar-refractivity contribution in [1.82, 2.24) is 4.98 Å². The van der Waals surface area contributed by atoms with Gasteiger partial charge in [-0.25, -0.2) is 0 Å². The van der Waals surface area contributed by atoms with E-state index in [2.05, 4.69) is 11.1 Å². The van der Waals surface area contributed by atoms with E-state index in [-0.39, 0.29) is 5.56 Å². The van der Waals surface area contributed by atoms with Crippen LogP contribution in [0.2, 0.25) is 0 Å². The summed E-state index contributed by atoms with van der Waals surface area (Å²) >= 11 is 0. The lowest BCUT2D eigenvalue weighted by molar-refractivity contribution is 0.720. The van der Waals surface area contributed by atoms with Crippen LogP contribution in [-0.2, 0) is 0 Å². The van der Waals surface area contributed by atoms with E-state index in [0.717, 1.165) is 18.5 Å². The molecular weight excluding hydrogens is 174 g/mol. The first kappa shape index (κ1) is 9.25. The highest BCUT2D eigenvalue weighted by Crippen LogP contribution is 2.23. The van der Waals surface area contributed by atoms with E-state index in [1.807, 2.05) is 12.1 Å². The number of nitrogens with one attached hydrogen (secondary N) is 1. The minimum Gasteiger partial charge on any atom is -0.322 e. The van der Waals surface area contributed by atoms with Crippen molar-refractivity contribution in [3.05, 3.63) is 40.3 Å². The molecule has 2 rings (SSSR count). The lowest BCUT2D eigenvalue weighted by Crippen LogP contribution is -2.05. The third-order valence-electron chi connectivity index (χ3n) is 2.66. The Morgan fingerprint density at radius 1 is 1.14 bits per heavy atom. The Morgan fingerprint density at radius 3 is 2.93 bits per heavy atom. The van der Waals surface area contributed by atoms with Crippen molar-refractivity contribution in [2.45, 2.75) is 32.1 Å². The molecule has 0 fully saturated rings. The van der Waals surface area contributed by atoms with Gasteiger partial charge < -0.3 is 4.98 Å². The van der Waals surface area contributed by atoms with Crippen LogP contribution < -0.4 is 5.56 Å². The molecule has 1 aliphatic carbocycles. The van der Waals surface area contributed by atoms with Crippen LogP contribution in [0.3, 0.4) is 0 Å². The van der Waals surface area contributed by atoms with Crippen LogP contribution in [0.4, 0.5) is 0 Å². The van der Waals surface area contributed by atoms with E-state index in [1.165, 1.54) is 24.8 Å². The molecule has 0 aliphatic heterocycles. The number of aromatic amines is 1. The maximum Gasteiger partial charge on any atom is 0.248 e. The van der Waals surface area contributed by atoms with Crippen molar-refractivity contribution in [3.8, 4) is 0 Å². The average Bonchev–Trinajstić information content (AvgIpc) is 2.45. The molecule has 0 saturated carbocycles. The second-order valence-corrected chi connectivity index (χ2v) is 3.76. The van der Waals surface area contributed by atoms with Crippen molar-refractivity contribution < 1.29 is 0 Å². The van der Waals surface area contributed by atoms with Gasteiger partial charge in [-0.3, -0.25) is 4.79 Å². The van der Waals surface area contributed by atoms with Crippen molar-refractivity contribution in [2.75, 3.05) is 0 Å². The molecular formula is C12H15NO. The standard InChI is InChI=1S/C12H15NO/c14-12-9-5-8-11(13-12)10-6-3-1-2-4-7-10/h5-6,8-9H,1-4,7H2,(H,13,14). The summed E-state index contributed by atoms with van der Waals surface area (Å²) in [5.41, 5.74) is 2.30. The van der Waals surface area contributed by atoms with Gasteiger partial charge in [0.05, 0.1) is 0 Å². The molecule has 1 heterocycles. The van der Waals surface area contributed by atoms with E-state index in [9.17, 15) is 4.79 Å². The molecule has 14 heavy (non-hydrogen) atoms. The number of pyridine rings is 1. The summed E-state index contributed by atoms with van der Waals surface area (Å²) in [6.07, 6.45) is 8.32. The van der Waals surface area contributed by atoms with Crippen molar-refractivity contribution in [1.29, 1.82) is 0 Å². The zero-order chi connectivity index (χ0) is 9.80. The highest BCUT2D eigenvalue weighted by Gasteiger charge is 2.05. The second kappa shape index (κ2) is 4.27. The minimum atomic E-state index is -0.00681. The molecule has 0 aromatic carbocycles. The van der Waals surface area contributed by atoms with Gasteiger partial charge in [0.1, 0.15) is 0 Å². The van der Waals surface area contributed by atoms with Crippen LogP contribution in [0.1, 0.15) is 37.8 Å². The largest absolute Gasteiger partial charge is 0.322 e. The second-order valence-electron chi connectivity index (χ2n) is 3.76. The van der Waals surface area contributed by atoms with Gasteiger partial charge in [-0.1, -0.05) is 18.6 Å². The van der Waals surface area contributed by atoms with Gasteiger partial charge >= 0.3 is 0 Å². The molecule has 0 amide bonds. The molecule has 1 aliphatic rings. The summed E-state index contributed by atoms with van der Waals surface area (Å²) in [4.78, 5) is 14.0. The summed E-state index contributed by atoms with van der Waals surface area (Å²) in [6, 6.07) is 5.36. The van der Waals surface area contributed by atoms with Gasteiger partial charge in [-0.2, -0.15) is 0 Å². The quantitative estimate of drug-likeness (QED) is 0.724. The van der Waals surface area contributed by atoms with Gasteiger partial charge in [0.15, 0.2) is 0 Å². The monoisotopic (exact) mass is 189 g/mol. The summed E-state index contributed by atoms with van der Waals surface area (Å²) < 4.78 is 0. The summed E-state index contributed by atoms with van der Waals surface area (Å²) in [5.74, 6) is 0. The molecule has 0 spiro atoms. The van der Waals surface area contributed by atoms with Crippen LogP contribution in [0, 0.1) is 0 Å². The molecule has 0 unspecified atom stereocenters. The third kappa shape index (κ3) is 2.13. The molecule has 0 saturated heterocycles. The minimum absolute atomic E-state index is 0.00681. The highest BCUT2D eigenvalue weighted by atomic mass is 16.1. The molecule has 0 radical (unpaired) electrons. The van der Waals surface area contributed by atoms with E-state index in [1.54, 1.807) is 6.07 Å². The molecule has 0 bridgehead atoms. The van der Waals surface area contributed by atoms with E-state index < -0.39 is 0 Å². The molecule has 74 valence electrons. The van der Waals surface area contributed by atoms with Gasteiger partial charge in [0, 0.05) is 11.8 Å². The number of rotatable bonds is 1. The fourth-order valence-corrected chi connectivity index (χ4v) is 1.89. The van der Waals surface area contributed by atoms with Crippen LogP contribution in [-0.4, -0.2) is 4.98 Å². The molecule has 1 aromatic rings. The topological polar surface area (TPSA) is 32.9 Å². The van der Waals surface area contributed by atoms with Gasteiger partial charge in [-0.15, -0.1) is 0 Å². The van der Waals surface area contributed by atoms with Gasteiger partial charge in [-0.05, 0) is 37.3 Å². The summed E-state index contributed by atoms with van der Waals surface area (Å²) in [7, 11) is 0. The molecule has 2 heteroatoms. The van der Waals surface area contributed by atoms with E-state index in [4.69, 9.17) is 0 Å². The van der Waals surface area contributed by atoms with Crippen LogP contribution in [0.25, 0.3) is 5.57 Å². The SMILES string of the molecule is O=c1cccc(C2=CCCCCC2)[nH]1. The Balaban J connectivity index is 2.29. The average molecular weight is 189 g/mol. The number of H-pyrrole nitrogens is 1.